The average Bonchev–Trinajstić information content (AvgIpc) is 2.76. The summed E-state index contributed by atoms with van der Waals surface area (Å²) < 4.78 is 26.7. The standard InChI is InChI=1S/C25H35N3O4S/c1-7-22(25(30)26-5)27(16-20-12-10-11-19(4)15-20)24(29)17-28(33(6,31)32)23-14-9-8-13-21(23)18(2)3/h8-15,18,22H,7,16-17H2,1-6H3,(H,26,30). The van der Waals surface area contributed by atoms with E-state index in [2.05, 4.69) is 5.32 Å². The minimum atomic E-state index is -3.76. The summed E-state index contributed by atoms with van der Waals surface area (Å²) in [6.07, 6.45) is 1.50. The van der Waals surface area contributed by atoms with Crippen LogP contribution in [-0.4, -0.2) is 51.0 Å². The Balaban J connectivity index is 2.49. The zero-order valence-electron chi connectivity index (χ0n) is 20.3. The van der Waals surface area contributed by atoms with Crippen molar-refractivity contribution in [2.75, 3.05) is 24.2 Å². The van der Waals surface area contributed by atoms with Crippen molar-refractivity contribution in [1.82, 2.24) is 10.2 Å². The molecule has 0 fully saturated rings. The fourth-order valence-corrected chi connectivity index (χ4v) is 4.76. The van der Waals surface area contributed by atoms with Gasteiger partial charge in [-0.15, -0.1) is 0 Å². The third kappa shape index (κ3) is 6.81. The highest BCUT2D eigenvalue weighted by Crippen LogP contribution is 2.29. The molecule has 1 N–H and O–H groups in total. The highest BCUT2D eigenvalue weighted by molar-refractivity contribution is 7.92. The predicted octanol–water partition coefficient (Wildman–Crippen LogP) is 3.44. The number of hydrogen-bond donors (Lipinski definition) is 1. The minimum Gasteiger partial charge on any atom is -0.357 e. The summed E-state index contributed by atoms with van der Waals surface area (Å²) in [5.74, 6) is -0.652. The van der Waals surface area contributed by atoms with Crippen molar-refractivity contribution >= 4 is 27.5 Å². The van der Waals surface area contributed by atoms with Crippen LogP contribution in [0.5, 0.6) is 0 Å². The Bertz CT molecular complexity index is 1080. The summed E-state index contributed by atoms with van der Waals surface area (Å²) in [6, 6.07) is 14.2. The number of nitrogens with zero attached hydrogens (tertiary/aromatic N) is 2. The molecular formula is C25H35N3O4S. The summed E-state index contributed by atoms with van der Waals surface area (Å²) in [5.41, 5.74) is 3.22. The number of nitrogens with one attached hydrogen (secondary N) is 1. The van der Waals surface area contributed by atoms with Gasteiger partial charge in [0.05, 0.1) is 11.9 Å². The van der Waals surface area contributed by atoms with Gasteiger partial charge in [-0.25, -0.2) is 8.42 Å². The number of para-hydroxylation sites is 1. The monoisotopic (exact) mass is 473 g/mol. The van der Waals surface area contributed by atoms with Crippen molar-refractivity contribution in [3.05, 3.63) is 65.2 Å². The molecule has 7 nitrogen and oxygen atoms in total. The van der Waals surface area contributed by atoms with E-state index in [9.17, 15) is 18.0 Å². The van der Waals surface area contributed by atoms with Gasteiger partial charge < -0.3 is 10.2 Å². The number of amides is 2. The van der Waals surface area contributed by atoms with Gasteiger partial charge in [0.15, 0.2) is 0 Å². The van der Waals surface area contributed by atoms with Gasteiger partial charge in [-0.3, -0.25) is 13.9 Å². The maximum atomic E-state index is 13.6. The fourth-order valence-electron chi connectivity index (χ4n) is 3.89. The summed E-state index contributed by atoms with van der Waals surface area (Å²) >= 11 is 0. The first-order valence-electron chi connectivity index (χ1n) is 11.1. The van der Waals surface area contributed by atoms with Crippen molar-refractivity contribution < 1.29 is 18.0 Å². The van der Waals surface area contributed by atoms with Crippen molar-refractivity contribution in [3.63, 3.8) is 0 Å². The van der Waals surface area contributed by atoms with Crippen molar-refractivity contribution in [1.29, 1.82) is 0 Å². The minimum absolute atomic E-state index is 0.0678. The second kappa shape index (κ2) is 11.3. The Labute approximate surface area is 197 Å². The highest BCUT2D eigenvalue weighted by atomic mass is 32.2. The molecule has 0 aliphatic rings. The fraction of sp³-hybridized carbons (Fsp3) is 0.440. The molecule has 1 unspecified atom stereocenters. The molecule has 2 amide bonds. The molecule has 2 aromatic rings. The van der Waals surface area contributed by atoms with Crippen LogP contribution in [0.25, 0.3) is 0 Å². The maximum absolute atomic E-state index is 13.6. The lowest BCUT2D eigenvalue weighted by atomic mass is 10.0. The molecule has 2 rings (SSSR count). The number of aryl methyl sites for hydroxylation is 1. The van der Waals surface area contributed by atoms with Crippen LogP contribution in [-0.2, 0) is 26.2 Å². The van der Waals surface area contributed by atoms with Crippen LogP contribution in [0.4, 0.5) is 5.69 Å². The molecule has 180 valence electrons. The number of carbonyl (C=O) groups is 2. The van der Waals surface area contributed by atoms with Gasteiger partial charge >= 0.3 is 0 Å². The number of carbonyl (C=O) groups excluding carboxylic acids is 2. The number of hydrogen-bond acceptors (Lipinski definition) is 4. The van der Waals surface area contributed by atoms with Gasteiger partial charge in [0, 0.05) is 13.6 Å². The van der Waals surface area contributed by atoms with Crippen LogP contribution in [0.15, 0.2) is 48.5 Å². The van der Waals surface area contributed by atoms with Crippen LogP contribution in [0, 0.1) is 6.92 Å². The lowest BCUT2D eigenvalue weighted by Gasteiger charge is -2.33. The largest absolute Gasteiger partial charge is 0.357 e. The quantitative estimate of drug-likeness (QED) is 0.573. The molecule has 0 heterocycles. The van der Waals surface area contributed by atoms with Crippen molar-refractivity contribution in [3.8, 4) is 0 Å². The Kier molecular flexibility index (Phi) is 9.05. The van der Waals surface area contributed by atoms with Gasteiger partial charge in [-0.2, -0.15) is 0 Å². The van der Waals surface area contributed by atoms with E-state index in [4.69, 9.17) is 0 Å². The summed E-state index contributed by atoms with van der Waals surface area (Å²) in [5, 5.41) is 2.62. The Morgan fingerprint density at radius 3 is 2.27 bits per heavy atom. The van der Waals surface area contributed by atoms with E-state index < -0.39 is 22.0 Å². The third-order valence-corrected chi connectivity index (χ3v) is 6.70. The zero-order chi connectivity index (χ0) is 24.8. The number of anilines is 1. The molecule has 0 aliphatic heterocycles. The van der Waals surface area contributed by atoms with E-state index in [0.717, 1.165) is 27.3 Å². The van der Waals surface area contributed by atoms with Crippen LogP contribution in [0.1, 0.15) is 49.8 Å². The smallest absolute Gasteiger partial charge is 0.244 e. The Morgan fingerprint density at radius 1 is 1.06 bits per heavy atom. The number of sulfonamides is 1. The van der Waals surface area contributed by atoms with Crippen LogP contribution in [0.2, 0.25) is 0 Å². The van der Waals surface area contributed by atoms with E-state index in [1.807, 2.05) is 64.1 Å². The molecule has 33 heavy (non-hydrogen) atoms. The third-order valence-electron chi connectivity index (χ3n) is 5.57. The summed E-state index contributed by atoms with van der Waals surface area (Å²) in [4.78, 5) is 27.7. The maximum Gasteiger partial charge on any atom is 0.244 e. The number of benzene rings is 2. The first-order valence-corrected chi connectivity index (χ1v) is 13.0. The summed E-state index contributed by atoms with van der Waals surface area (Å²) in [6.45, 7) is 7.56. The molecule has 0 aliphatic carbocycles. The lowest BCUT2D eigenvalue weighted by Crippen LogP contribution is -2.51. The first kappa shape index (κ1) is 26.4. The molecule has 0 saturated heterocycles. The highest BCUT2D eigenvalue weighted by Gasteiger charge is 2.32. The predicted molar refractivity (Wildman–Crippen MR) is 133 cm³/mol. The second-order valence-electron chi connectivity index (χ2n) is 8.53. The number of likely N-dealkylation sites (N-methyl/N-ethyl adjacent to an activating group) is 1. The first-order chi connectivity index (χ1) is 15.5. The number of rotatable bonds is 10. The van der Waals surface area contributed by atoms with Gasteiger partial charge in [-0.05, 0) is 36.5 Å². The molecule has 0 aromatic heterocycles. The van der Waals surface area contributed by atoms with Gasteiger partial charge in [0.2, 0.25) is 21.8 Å². The van der Waals surface area contributed by atoms with Crippen molar-refractivity contribution in [2.24, 2.45) is 0 Å². The van der Waals surface area contributed by atoms with E-state index in [1.165, 1.54) is 11.9 Å². The molecule has 8 heteroatoms. The molecule has 1 atom stereocenters. The van der Waals surface area contributed by atoms with E-state index in [-0.39, 0.29) is 24.9 Å². The van der Waals surface area contributed by atoms with Crippen molar-refractivity contribution in [2.45, 2.75) is 52.6 Å². The SMILES string of the molecule is CCC(C(=O)NC)N(Cc1cccc(C)c1)C(=O)CN(c1ccccc1C(C)C)S(C)(=O)=O. The lowest BCUT2D eigenvalue weighted by molar-refractivity contribution is -0.140. The molecule has 0 spiro atoms. The molecule has 0 bridgehead atoms. The van der Waals surface area contributed by atoms with E-state index in [0.29, 0.717) is 12.1 Å². The van der Waals surface area contributed by atoms with Gasteiger partial charge in [0.25, 0.3) is 0 Å². The van der Waals surface area contributed by atoms with Crippen LogP contribution < -0.4 is 9.62 Å². The Morgan fingerprint density at radius 2 is 1.73 bits per heavy atom. The molecule has 0 saturated carbocycles. The molecule has 0 radical (unpaired) electrons. The van der Waals surface area contributed by atoms with E-state index >= 15 is 0 Å². The van der Waals surface area contributed by atoms with Gasteiger partial charge in [-0.1, -0.05) is 68.8 Å². The zero-order valence-corrected chi connectivity index (χ0v) is 21.1. The molecular weight excluding hydrogens is 438 g/mol. The Hall–Kier alpha value is -2.87. The topological polar surface area (TPSA) is 86.8 Å². The van der Waals surface area contributed by atoms with Gasteiger partial charge in [0.1, 0.15) is 12.6 Å². The van der Waals surface area contributed by atoms with E-state index in [1.54, 1.807) is 12.1 Å². The van der Waals surface area contributed by atoms with Crippen LogP contribution in [0.3, 0.4) is 0 Å². The average molecular weight is 474 g/mol. The van der Waals surface area contributed by atoms with Crippen LogP contribution >= 0.6 is 0 Å². The molecule has 2 aromatic carbocycles. The summed E-state index contributed by atoms with van der Waals surface area (Å²) in [7, 11) is -2.23. The normalized spacial score (nSPS) is 12.3. The second-order valence-corrected chi connectivity index (χ2v) is 10.4.